The fourth-order valence-electron chi connectivity index (χ4n) is 2.88. The lowest BCUT2D eigenvalue weighted by Crippen LogP contribution is -2.26. The van der Waals surface area contributed by atoms with Crippen LogP contribution in [0.2, 0.25) is 0 Å². The zero-order valence-corrected chi connectivity index (χ0v) is 16.6. The molecule has 1 N–H and O–H groups in total. The van der Waals surface area contributed by atoms with Crippen molar-refractivity contribution in [3.8, 4) is 11.5 Å². The Morgan fingerprint density at radius 2 is 1.89 bits per heavy atom. The molecule has 0 spiro atoms. The molecule has 1 aromatic carbocycles. The Morgan fingerprint density at radius 1 is 1.19 bits per heavy atom. The lowest BCUT2D eigenvalue weighted by molar-refractivity contribution is -0.121. The molecule has 148 valence electrons. The van der Waals surface area contributed by atoms with Crippen molar-refractivity contribution in [1.82, 2.24) is 14.9 Å². The standard InChI is InChI=1S/C20H29N3O4/c1-14(2)7-5-9-21-19(24)8-6-10-23-13-22-16-12-18(27-4)17(26-3)11-15(16)20(23)25/h11-14H,5-10H2,1-4H3,(H,21,24). The van der Waals surface area contributed by atoms with Crippen LogP contribution in [0.15, 0.2) is 23.3 Å². The highest BCUT2D eigenvalue weighted by Crippen LogP contribution is 2.29. The minimum absolute atomic E-state index is 0.0203. The first-order chi connectivity index (χ1) is 13.0. The van der Waals surface area contributed by atoms with Gasteiger partial charge in [0, 0.05) is 25.6 Å². The lowest BCUT2D eigenvalue weighted by Gasteiger charge is -2.11. The van der Waals surface area contributed by atoms with Gasteiger partial charge in [-0.2, -0.15) is 0 Å². The maximum absolute atomic E-state index is 12.7. The summed E-state index contributed by atoms with van der Waals surface area (Å²) in [4.78, 5) is 28.9. The number of aryl methyl sites for hydroxylation is 1. The molecule has 0 fully saturated rings. The Hall–Kier alpha value is -2.57. The number of carbonyl (C=O) groups is 1. The third-order valence-corrected chi connectivity index (χ3v) is 4.41. The molecule has 1 aromatic heterocycles. The van der Waals surface area contributed by atoms with E-state index in [9.17, 15) is 9.59 Å². The number of methoxy groups -OCH3 is 2. The van der Waals surface area contributed by atoms with Crippen molar-refractivity contribution < 1.29 is 14.3 Å². The molecular weight excluding hydrogens is 346 g/mol. The van der Waals surface area contributed by atoms with Gasteiger partial charge >= 0.3 is 0 Å². The quantitative estimate of drug-likeness (QED) is 0.646. The van der Waals surface area contributed by atoms with E-state index >= 15 is 0 Å². The van der Waals surface area contributed by atoms with Gasteiger partial charge in [0.25, 0.3) is 5.56 Å². The highest BCUT2D eigenvalue weighted by Gasteiger charge is 2.11. The van der Waals surface area contributed by atoms with Crippen molar-refractivity contribution in [3.05, 3.63) is 28.8 Å². The van der Waals surface area contributed by atoms with E-state index in [1.54, 1.807) is 19.2 Å². The van der Waals surface area contributed by atoms with Gasteiger partial charge in [-0.1, -0.05) is 13.8 Å². The number of benzene rings is 1. The van der Waals surface area contributed by atoms with E-state index in [0.717, 1.165) is 12.8 Å². The summed E-state index contributed by atoms with van der Waals surface area (Å²) in [5.74, 6) is 1.69. The van der Waals surface area contributed by atoms with Crippen LogP contribution in [0, 0.1) is 5.92 Å². The van der Waals surface area contributed by atoms with Gasteiger partial charge in [-0.25, -0.2) is 4.98 Å². The number of hydrogen-bond donors (Lipinski definition) is 1. The summed E-state index contributed by atoms with van der Waals surface area (Å²) >= 11 is 0. The second-order valence-corrected chi connectivity index (χ2v) is 6.96. The molecule has 7 nitrogen and oxygen atoms in total. The largest absolute Gasteiger partial charge is 0.493 e. The first-order valence-electron chi connectivity index (χ1n) is 9.34. The van der Waals surface area contributed by atoms with Crippen LogP contribution in [0.1, 0.15) is 39.5 Å². The molecule has 0 saturated carbocycles. The minimum atomic E-state index is -0.154. The smallest absolute Gasteiger partial charge is 0.261 e. The van der Waals surface area contributed by atoms with Crippen molar-refractivity contribution in [2.75, 3.05) is 20.8 Å². The normalized spacial score (nSPS) is 11.0. The minimum Gasteiger partial charge on any atom is -0.493 e. The molecule has 0 aliphatic heterocycles. The summed E-state index contributed by atoms with van der Waals surface area (Å²) < 4.78 is 12.0. The molecule has 27 heavy (non-hydrogen) atoms. The number of carbonyl (C=O) groups excluding carboxylic acids is 1. The Balaban J connectivity index is 1.96. The van der Waals surface area contributed by atoms with Crippen molar-refractivity contribution in [1.29, 1.82) is 0 Å². The summed E-state index contributed by atoms with van der Waals surface area (Å²) in [7, 11) is 3.07. The molecule has 2 aromatic rings. The number of hydrogen-bond acceptors (Lipinski definition) is 5. The summed E-state index contributed by atoms with van der Waals surface area (Å²) in [6, 6.07) is 3.33. The number of rotatable bonds is 10. The Kier molecular flexibility index (Phi) is 7.64. The fraction of sp³-hybridized carbons (Fsp3) is 0.550. The fourth-order valence-corrected chi connectivity index (χ4v) is 2.88. The van der Waals surface area contributed by atoms with Crippen LogP contribution in [-0.4, -0.2) is 36.2 Å². The molecule has 1 heterocycles. The topological polar surface area (TPSA) is 82.5 Å². The number of amides is 1. The zero-order chi connectivity index (χ0) is 19.8. The van der Waals surface area contributed by atoms with Gasteiger partial charge in [-0.15, -0.1) is 0 Å². The molecule has 0 aliphatic rings. The second kappa shape index (κ2) is 9.94. The maximum atomic E-state index is 12.7. The van der Waals surface area contributed by atoms with Gasteiger partial charge in [0.2, 0.25) is 5.91 Å². The van der Waals surface area contributed by atoms with Crippen LogP contribution in [-0.2, 0) is 11.3 Å². The van der Waals surface area contributed by atoms with Gasteiger partial charge in [0.15, 0.2) is 11.5 Å². The van der Waals surface area contributed by atoms with Crippen LogP contribution in [0.5, 0.6) is 11.5 Å². The predicted octanol–water partition coefficient (Wildman–Crippen LogP) is 2.75. The van der Waals surface area contributed by atoms with E-state index in [-0.39, 0.29) is 11.5 Å². The number of aromatic nitrogens is 2. The van der Waals surface area contributed by atoms with E-state index in [1.165, 1.54) is 18.0 Å². The molecule has 7 heteroatoms. The average molecular weight is 375 g/mol. The van der Waals surface area contributed by atoms with Gasteiger partial charge in [0.05, 0.1) is 31.4 Å². The van der Waals surface area contributed by atoms with Crippen molar-refractivity contribution >= 4 is 16.8 Å². The van der Waals surface area contributed by atoms with E-state index in [1.807, 2.05) is 0 Å². The third-order valence-electron chi connectivity index (χ3n) is 4.41. The van der Waals surface area contributed by atoms with Crippen LogP contribution in [0.4, 0.5) is 0 Å². The van der Waals surface area contributed by atoms with Crippen molar-refractivity contribution in [2.45, 2.75) is 46.1 Å². The van der Waals surface area contributed by atoms with Gasteiger partial charge in [-0.05, 0) is 31.2 Å². The average Bonchev–Trinajstić information content (AvgIpc) is 2.66. The Morgan fingerprint density at radius 3 is 2.56 bits per heavy atom. The first kappa shape index (κ1) is 20.7. The highest BCUT2D eigenvalue weighted by atomic mass is 16.5. The number of ether oxygens (including phenoxy) is 2. The molecule has 0 aliphatic carbocycles. The molecule has 0 bridgehead atoms. The molecule has 0 saturated heterocycles. The summed E-state index contributed by atoms with van der Waals surface area (Å²) in [6.45, 7) is 5.48. The molecule has 0 radical (unpaired) electrons. The van der Waals surface area contributed by atoms with Crippen molar-refractivity contribution in [3.63, 3.8) is 0 Å². The SMILES string of the molecule is COc1cc2ncn(CCCC(=O)NCCCC(C)C)c(=O)c2cc1OC. The maximum Gasteiger partial charge on any atom is 0.261 e. The van der Waals surface area contributed by atoms with E-state index in [4.69, 9.17) is 9.47 Å². The summed E-state index contributed by atoms with van der Waals surface area (Å²) in [6.07, 6.45) is 4.57. The summed E-state index contributed by atoms with van der Waals surface area (Å²) in [5, 5.41) is 3.39. The Labute approximate surface area is 159 Å². The predicted molar refractivity (Wildman–Crippen MR) is 105 cm³/mol. The monoisotopic (exact) mass is 375 g/mol. The van der Waals surface area contributed by atoms with E-state index in [2.05, 4.69) is 24.1 Å². The van der Waals surface area contributed by atoms with Crippen LogP contribution >= 0.6 is 0 Å². The van der Waals surface area contributed by atoms with Gasteiger partial charge in [0.1, 0.15) is 0 Å². The third kappa shape index (κ3) is 5.70. The number of fused-ring (bicyclic) bond motifs is 1. The van der Waals surface area contributed by atoms with Gasteiger partial charge in [-0.3, -0.25) is 14.2 Å². The number of nitrogens with zero attached hydrogens (tertiary/aromatic N) is 2. The highest BCUT2D eigenvalue weighted by molar-refractivity contribution is 5.81. The van der Waals surface area contributed by atoms with Crippen LogP contribution < -0.4 is 20.3 Å². The molecular formula is C20H29N3O4. The molecule has 2 rings (SSSR count). The second-order valence-electron chi connectivity index (χ2n) is 6.96. The van der Waals surface area contributed by atoms with Crippen molar-refractivity contribution in [2.24, 2.45) is 5.92 Å². The first-order valence-corrected chi connectivity index (χ1v) is 9.34. The zero-order valence-electron chi connectivity index (χ0n) is 16.6. The molecule has 0 atom stereocenters. The van der Waals surface area contributed by atoms with E-state index in [0.29, 0.717) is 54.3 Å². The van der Waals surface area contributed by atoms with E-state index < -0.39 is 0 Å². The lowest BCUT2D eigenvalue weighted by atomic mass is 10.1. The van der Waals surface area contributed by atoms with Crippen LogP contribution in [0.3, 0.4) is 0 Å². The summed E-state index contributed by atoms with van der Waals surface area (Å²) in [5.41, 5.74) is 0.398. The van der Waals surface area contributed by atoms with Crippen LogP contribution in [0.25, 0.3) is 10.9 Å². The molecule has 0 unspecified atom stereocenters. The molecule has 1 amide bonds. The number of nitrogens with one attached hydrogen (secondary N) is 1. The van der Waals surface area contributed by atoms with Gasteiger partial charge < -0.3 is 14.8 Å². The Bertz CT molecular complexity index is 830.